The third kappa shape index (κ3) is 2.93. The van der Waals surface area contributed by atoms with E-state index in [1.807, 2.05) is 0 Å². The van der Waals surface area contributed by atoms with Gasteiger partial charge in [-0.15, -0.1) is 0 Å². The summed E-state index contributed by atoms with van der Waals surface area (Å²) in [5.74, 6) is 0.715. The number of nitrogens with one attached hydrogen (secondary N) is 1. The Kier molecular flexibility index (Phi) is 4.29. The van der Waals surface area contributed by atoms with Gasteiger partial charge < -0.3 is 15.0 Å². The highest BCUT2D eigenvalue weighted by Gasteiger charge is 2.30. The predicted octanol–water partition coefficient (Wildman–Crippen LogP) is 1.21. The van der Waals surface area contributed by atoms with Gasteiger partial charge in [0.15, 0.2) is 0 Å². The average molecular weight is 325 g/mol. The molecule has 0 amide bonds. The highest BCUT2D eigenvalue weighted by Crippen LogP contribution is 2.31. The minimum atomic E-state index is -3.47. The van der Waals surface area contributed by atoms with E-state index < -0.39 is 10.0 Å². The van der Waals surface area contributed by atoms with Gasteiger partial charge in [0.25, 0.3) is 0 Å². The number of benzene rings is 1. The molecule has 2 heterocycles. The number of sulfonamides is 1. The molecule has 2 aliphatic heterocycles. The van der Waals surface area contributed by atoms with Crippen LogP contribution in [0, 0.1) is 0 Å². The van der Waals surface area contributed by atoms with Crippen LogP contribution in [-0.4, -0.2) is 64.0 Å². The molecule has 0 spiro atoms. The second-order valence-corrected chi connectivity index (χ2v) is 7.99. The third-order valence-electron chi connectivity index (χ3n) is 4.51. The Morgan fingerprint density at radius 3 is 2.77 bits per heavy atom. The average Bonchev–Trinajstić information content (AvgIpc) is 2.54. The zero-order chi connectivity index (χ0) is 15.7. The molecule has 0 atom stereocenters. The number of fused-ring (bicyclic) bond motifs is 1. The number of nitrogens with zero attached hydrogens (tertiary/aromatic N) is 2. The van der Waals surface area contributed by atoms with E-state index in [2.05, 4.69) is 17.3 Å². The highest BCUT2D eigenvalue weighted by atomic mass is 32.2. The molecular weight excluding hydrogens is 302 g/mol. The molecule has 122 valence electrons. The standard InChI is InChI=1S/C15H23N3O3S/c1-17-8-5-12(6-9-17)18(2)22(19,20)13-3-4-15-14(11-13)16-7-10-21-15/h3-4,11-12,16H,5-10H2,1-2H3. The Hall–Kier alpha value is -1.31. The Labute approximate surface area is 132 Å². The summed E-state index contributed by atoms with van der Waals surface area (Å²) in [4.78, 5) is 2.56. The maximum absolute atomic E-state index is 12.8. The van der Waals surface area contributed by atoms with Crippen molar-refractivity contribution in [1.29, 1.82) is 0 Å². The number of hydrogen-bond acceptors (Lipinski definition) is 5. The maximum atomic E-state index is 12.8. The fourth-order valence-corrected chi connectivity index (χ4v) is 4.44. The summed E-state index contributed by atoms with van der Waals surface area (Å²) >= 11 is 0. The number of rotatable bonds is 3. The Morgan fingerprint density at radius 2 is 2.05 bits per heavy atom. The van der Waals surface area contributed by atoms with Crippen LogP contribution in [-0.2, 0) is 10.0 Å². The molecule has 0 saturated carbocycles. The molecule has 1 aromatic carbocycles. The summed E-state index contributed by atoms with van der Waals surface area (Å²) in [6.45, 7) is 3.17. The Bertz CT molecular complexity index is 639. The quantitative estimate of drug-likeness (QED) is 0.905. The van der Waals surface area contributed by atoms with Gasteiger partial charge in [0, 0.05) is 19.6 Å². The first-order valence-corrected chi connectivity index (χ1v) is 9.10. The second kappa shape index (κ2) is 6.06. The normalized spacial score (nSPS) is 20.3. The number of anilines is 1. The van der Waals surface area contributed by atoms with Crippen LogP contribution < -0.4 is 10.1 Å². The van der Waals surface area contributed by atoms with Crippen molar-refractivity contribution in [1.82, 2.24) is 9.21 Å². The van der Waals surface area contributed by atoms with Gasteiger partial charge in [0.05, 0.1) is 10.6 Å². The van der Waals surface area contributed by atoms with E-state index in [0.717, 1.165) is 31.6 Å². The molecule has 3 rings (SSSR count). The predicted molar refractivity (Wildman–Crippen MR) is 85.9 cm³/mol. The first-order chi connectivity index (χ1) is 10.5. The van der Waals surface area contributed by atoms with Crippen molar-refractivity contribution in [2.24, 2.45) is 0 Å². The lowest BCUT2D eigenvalue weighted by Gasteiger charge is -2.34. The van der Waals surface area contributed by atoms with Crippen molar-refractivity contribution in [2.75, 3.05) is 45.7 Å². The number of hydrogen-bond donors (Lipinski definition) is 1. The summed E-state index contributed by atoms with van der Waals surface area (Å²) in [5.41, 5.74) is 0.754. The lowest BCUT2D eigenvalue weighted by atomic mass is 10.1. The lowest BCUT2D eigenvalue weighted by molar-refractivity contribution is 0.197. The molecule has 1 aromatic rings. The van der Waals surface area contributed by atoms with Gasteiger partial charge in [-0.1, -0.05) is 0 Å². The lowest BCUT2D eigenvalue weighted by Crippen LogP contribution is -2.44. The molecule has 0 bridgehead atoms. The minimum absolute atomic E-state index is 0.0708. The van der Waals surface area contributed by atoms with E-state index in [-0.39, 0.29) is 6.04 Å². The topological polar surface area (TPSA) is 61.9 Å². The van der Waals surface area contributed by atoms with Gasteiger partial charge in [0.2, 0.25) is 10.0 Å². The van der Waals surface area contributed by atoms with Crippen molar-refractivity contribution in [2.45, 2.75) is 23.8 Å². The molecule has 6 nitrogen and oxygen atoms in total. The molecule has 1 saturated heterocycles. The van der Waals surface area contributed by atoms with Crippen LogP contribution in [0.2, 0.25) is 0 Å². The SMILES string of the molecule is CN1CCC(N(C)S(=O)(=O)c2ccc3c(c2)NCCO3)CC1. The molecule has 0 radical (unpaired) electrons. The highest BCUT2D eigenvalue weighted by molar-refractivity contribution is 7.89. The van der Waals surface area contributed by atoms with Crippen LogP contribution in [0.3, 0.4) is 0 Å². The summed E-state index contributed by atoms with van der Waals surface area (Å²) in [6.07, 6.45) is 1.75. The molecule has 22 heavy (non-hydrogen) atoms. The first-order valence-electron chi connectivity index (χ1n) is 7.66. The molecule has 1 N–H and O–H groups in total. The maximum Gasteiger partial charge on any atom is 0.243 e. The van der Waals surface area contributed by atoms with Gasteiger partial charge >= 0.3 is 0 Å². The monoisotopic (exact) mass is 325 g/mol. The molecular formula is C15H23N3O3S. The molecule has 0 aliphatic carbocycles. The fourth-order valence-electron chi connectivity index (χ4n) is 3.00. The van der Waals surface area contributed by atoms with Gasteiger partial charge in [0.1, 0.15) is 12.4 Å². The van der Waals surface area contributed by atoms with Crippen LogP contribution >= 0.6 is 0 Å². The Balaban J connectivity index is 1.83. The summed E-state index contributed by atoms with van der Waals surface area (Å²) in [5, 5.41) is 3.18. The van der Waals surface area contributed by atoms with Gasteiger partial charge in [-0.3, -0.25) is 0 Å². The van der Waals surface area contributed by atoms with Gasteiger partial charge in [-0.25, -0.2) is 8.42 Å². The van der Waals surface area contributed by atoms with Crippen molar-refractivity contribution in [3.8, 4) is 5.75 Å². The van der Waals surface area contributed by atoms with Gasteiger partial charge in [-0.2, -0.15) is 4.31 Å². The Morgan fingerprint density at radius 1 is 1.32 bits per heavy atom. The van der Waals surface area contributed by atoms with E-state index >= 15 is 0 Å². The van der Waals surface area contributed by atoms with Crippen LogP contribution in [0.4, 0.5) is 5.69 Å². The van der Waals surface area contributed by atoms with Crippen LogP contribution in [0.25, 0.3) is 0 Å². The molecule has 1 fully saturated rings. The van der Waals surface area contributed by atoms with Crippen molar-refractivity contribution < 1.29 is 13.2 Å². The summed E-state index contributed by atoms with van der Waals surface area (Å²) < 4.78 is 32.7. The smallest absolute Gasteiger partial charge is 0.243 e. The fraction of sp³-hybridized carbons (Fsp3) is 0.600. The van der Waals surface area contributed by atoms with Crippen molar-refractivity contribution in [3.05, 3.63) is 18.2 Å². The molecule has 0 unspecified atom stereocenters. The third-order valence-corrected chi connectivity index (χ3v) is 6.41. The van der Waals surface area contributed by atoms with Crippen molar-refractivity contribution >= 4 is 15.7 Å². The summed E-state index contributed by atoms with van der Waals surface area (Å²) in [6, 6.07) is 5.11. The van der Waals surface area contributed by atoms with Crippen LogP contribution in [0.5, 0.6) is 5.75 Å². The van der Waals surface area contributed by atoms with E-state index in [9.17, 15) is 8.42 Å². The first kappa shape index (κ1) is 15.6. The zero-order valence-corrected chi connectivity index (χ0v) is 13.9. The minimum Gasteiger partial charge on any atom is -0.490 e. The summed E-state index contributed by atoms with van der Waals surface area (Å²) in [7, 11) is 0.288. The van der Waals surface area contributed by atoms with E-state index in [1.54, 1.807) is 25.2 Å². The van der Waals surface area contributed by atoms with Crippen LogP contribution in [0.1, 0.15) is 12.8 Å². The van der Waals surface area contributed by atoms with Crippen molar-refractivity contribution in [3.63, 3.8) is 0 Å². The number of piperidine rings is 1. The molecule has 2 aliphatic rings. The van der Waals surface area contributed by atoms with E-state index in [1.165, 1.54) is 4.31 Å². The van der Waals surface area contributed by atoms with E-state index in [4.69, 9.17) is 4.74 Å². The van der Waals surface area contributed by atoms with Gasteiger partial charge in [-0.05, 0) is 51.2 Å². The number of likely N-dealkylation sites (tertiary alicyclic amines) is 1. The molecule has 0 aromatic heterocycles. The van der Waals surface area contributed by atoms with E-state index in [0.29, 0.717) is 23.8 Å². The van der Waals surface area contributed by atoms with Crippen LogP contribution in [0.15, 0.2) is 23.1 Å². The number of ether oxygens (including phenoxy) is 1. The largest absolute Gasteiger partial charge is 0.490 e. The zero-order valence-electron chi connectivity index (χ0n) is 13.1. The second-order valence-electron chi connectivity index (χ2n) is 5.99. The molecule has 7 heteroatoms.